The summed E-state index contributed by atoms with van der Waals surface area (Å²) in [5.74, 6) is 3.42. The standard InChI is InChI=1S/C26H39N5O.HI/c1-4-27-25(29-19-26(13-8-14-26)23-9-6-5-7-10-23)28-17-22-11-15-31(16-12-22)18-24-30-20(2)21(3)32-24;/h5-7,9-10,22H,4,8,11-19H2,1-3H3,(H2,27,28,29);1H. The molecule has 1 saturated carbocycles. The van der Waals surface area contributed by atoms with E-state index in [9.17, 15) is 0 Å². The summed E-state index contributed by atoms with van der Waals surface area (Å²) in [5, 5.41) is 7.08. The van der Waals surface area contributed by atoms with Crippen molar-refractivity contribution in [2.24, 2.45) is 10.9 Å². The van der Waals surface area contributed by atoms with Crippen molar-refractivity contribution in [1.29, 1.82) is 0 Å². The Balaban J connectivity index is 0.00000306. The maximum Gasteiger partial charge on any atom is 0.208 e. The number of piperidine rings is 1. The first kappa shape index (κ1) is 26.0. The van der Waals surface area contributed by atoms with Crippen molar-refractivity contribution in [1.82, 2.24) is 20.5 Å². The smallest absolute Gasteiger partial charge is 0.208 e. The van der Waals surface area contributed by atoms with Crippen LogP contribution in [-0.2, 0) is 12.0 Å². The third kappa shape index (κ3) is 6.72. The molecule has 6 nitrogen and oxygen atoms in total. The van der Waals surface area contributed by atoms with E-state index in [0.717, 1.165) is 62.6 Å². The molecule has 1 aromatic carbocycles. The van der Waals surface area contributed by atoms with E-state index in [0.29, 0.717) is 5.92 Å². The normalized spacial score (nSPS) is 18.9. The number of guanidine groups is 1. The highest BCUT2D eigenvalue weighted by Crippen LogP contribution is 2.43. The predicted octanol–water partition coefficient (Wildman–Crippen LogP) is 4.80. The minimum absolute atomic E-state index is 0. The number of aliphatic imine (C=N–C) groups is 1. The van der Waals surface area contributed by atoms with Crippen molar-refractivity contribution in [2.45, 2.75) is 64.8 Å². The van der Waals surface area contributed by atoms with Crippen LogP contribution >= 0.6 is 24.0 Å². The van der Waals surface area contributed by atoms with Crippen molar-refractivity contribution < 1.29 is 4.42 Å². The molecule has 0 atom stereocenters. The zero-order valence-electron chi connectivity index (χ0n) is 20.4. The molecule has 33 heavy (non-hydrogen) atoms. The third-order valence-electron chi connectivity index (χ3n) is 7.28. The number of hydrogen-bond acceptors (Lipinski definition) is 4. The molecule has 4 rings (SSSR count). The Bertz CT molecular complexity index is 866. The van der Waals surface area contributed by atoms with Gasteiger partial charge in [-0.25, -0.2) is 4.98 Å². The average Bonchev–Trinajstić information content (AvgIpc) is 3.09. The first-order valence-corrected chi connectivity index (χ1v) is 12.3. The summed E-state index contributed by atoms with van der Waals surface area (Å²) in [4.78, 5) is 12.0. The van der Waals surface area contributed by atoms with E-state index in [1.165, 1.54) is 37.7 Å². The molecule has 2 heterocycles. The minimum atomic E-state index is 0. The van der Waals surface area contributed by atoms with Crippen molar-refractivity contribution >= 4 is 29.9 Å². The monoisotopic (exact) mass is 565 g/mol. The van der Waals surface area contributed by atoms with Gasteiger partial charge in [0.2, 0.25) is 5.89 Å². The Labute approximate surface area is 216 Å². The van der Waals surface area contributed by atoms with Crippen LogP contribution in [0.3, 0.4) is 0 Å². The highest BCUT2D eigenvalue weighted by Gasteiger charge is 2.38. The van der Waals surface area contributed by atoms with E-state index < -0.39 is 0 Å². The van der Waals surface area contributed by atoms with Gasteiger partial charge in [-0.2, -0.15) is 0 Å². The summed E-state index contributed by atoms with van der Waals surface area (Å²) in [5.41, 5.74) is 2.67. The molecule has 1 saturated heterocycles. The molecule has 182 valence electrons. The van der Waals surface area contributed by atoms with Crippen LogP contribution in [0, 0.1) is 19.8 Å². The number of benzene rings is 1. The zero-order chi connectivity index (χ0) is 22.4. The predicted molar refractivity (Wildman–Crippen MR) is 145 cm³/mol. The van der Waals surface area contributed by atoms with Gasteiger partial charge in [-0.3, -0.25) is 9.89 Å². The van der Waals surface area contributed by atoms with Gasteiger partial charge in [0.05, 0.1) is 18.8 Å². The third-order valence-corrected chi connectivity index (χ3v) is 7.28. The number of aryl methyl sites for hydroxylation is 2. The molecule has 0 bridgehead atoms. The number of hydrogen-bond donors (Lipinski definition) is 2. The summed E-state index contributed by atoms with van der Waals surface area (Å²) < 4.78 is 5.76. The second-order valence-electron chi connectivity index (χ2n) is 9.54. The second-order valence-corrected chi connectivity index (χ2v) is 9.54. The van der Waals surface area contributed by atoms with Gasteiger partial charge in [0.1, 0.15) is 5.76 Å². The minimum Gasteiger partial charge on any atom is -0.444 e. The first-order chi connectivity index (χ1) is 15.6. The number of likely N-dealkylation sites (tertiary alicyclic amines) is 1. The van der Waals surface area contributed by atoms with Gasteiger partial charge in [-0.15, -0.1) is 24.0 Å². The lowest BCUT2D eigenvalue weighted by molar-refractivity contribution is 0.164. The lowest BCUT2D eigenvalue weighted by Gasteiger charge is -2.41. The van der Waals surface area contributed by atoms with Crippen LogP contribution in [0.15, 0.2) is 39.7 Å². The lowest BCUT2D eigenvalue weighted by Crippen LogP contribution is -2.44. The van der Waals surface area contributed by atoms with Crippen molar-refractivity contribution in [3.05, 3.63) is 53.2 Å². The quantitative estimate of drug-likeness (QED) is 0.274. The van der Waals surface area contributed by atoms with E-state index in [2.05, 4.69) is 57.8 Å². The van der Waals surface area contributed by atoms with Crippen LogP contribution < -0.4 is 10.6 Å². The molecule has 1 aliphatic carbocycles. The Morgan fingerprint density at radius 1 is 1.15 bits per heavy atom. The van der Waals surface area contributed by atoms with Crippen LogP contribution in [0.25, 0.3) is 0 Å². The van der Waals surface area contributed by atoms with Gasteiger partial charge in [0.25, 0.3) is 0 Å². The van der Waals surface area contributed by atoms with Crippen molar-refractivity contribution in [2.75, 3.05) is 32.7 Å². The Hall–Kier alpha value is -1.61. The van der Waals surface area contributed by atoms with Gasteiger partial charge in [0, 0.05) is 18.5 Å². The summed E-state index contributed by atoms with van der Waals surface area (Å²) >= 11 is 0. The highest BCUT2D eigenvalue weighted by atomic mass is 127. The van der Waals surface area contributed by atoms with Gasteiger partial charge >= 0.3 is 0 Å². The molecule has 2 N–H and O–H groups in total. The van der Waals surface area contributed by atoms with Crippen LogP contribution in [-0.4, -0.2) is 48.6 Å². The number of halogens is 1. The van der Waals surface area contributed by atoms with Crippen LogP contribution in [0.4, 0.5) is 0 Å². The Kier molecular flexibility index (Phi) is 9.61. The maximum atomic E-state index is 5.76. The lowest BCUT2D eigenvalue weighted by atomic mass is 9.64. The van der Waals surface area contributed by atoms with Gasteiger partial charge in [0.15, 0.2) is 5.96 Å². The van der Waals surface area contributed by atoms with Crippen LogP contribution in [0.2, 0.25) is 0 Å². The fourth-order valence-electron chi connectivity index (χ4n) is 4.89. The highest BCUT2D eigenvalue weighted by molar-refractivity contribution is 14.0. The fraction of sp³-hybridized carbons (Fsp3) is 0.615. The fourth-order valence-corrected chi connectivity index (χ4v) is 4.89. The van der Waals surface area contributed by atoms with Crippen LogP contribution in [0.1, 0.15) is 61.9 Å². The van der Waals surface area contributed by atoms with Gasteiger partial charge in [-0.05, 0) is 71.0 Å². The summed E-state index contributed by atoms with van der Waals surface area (Å²) in [6.45, 7) is 11.9. The van der Waals surface area contributed by atoms with Gasteiger partial charge < -0.3 is 15.1 Å². The average molecular weight is 566 g/mol. The summed E-state index contributed by atoms with van der Waals surface area (Å²) in [6.07, 6.45) is 6.17. The van der Waals surface area contributed by atoms with Gasteiger partial charge in [-0.1, -0.05) is 36.8 Å². The molecule has 2 fully saturated rings. The Morgan fingerprint density at radius 2 is 1.88 bits per heavy atom. The molecule has 0 radical (unpaired) electrons. The summed E-state index contributed by atoms with van der Waals surface area (Å²) in [7, 11) is 0. The molecule has 2 aliphatic rings. The number of rotatable bonds is 8. The number of nitrogens with zero attached hydrogens (tertiary/aromatic N) is 3. The summed E-state index contributed by atoms with van der Waals surface area (Å²) in [6, 6.07) is 10.9. The van der Waals surface area contributed by atoms with Crippen molar-refractivity contribution in [3.8, 4) is 0 Å². The number of oxazole rings is 1. The van der Waals surface area contributed by atoms with Crippen molar-refractivity contribution in [3.63, 3.8) is 0 Å². The molecular weight excluding hydrogens is 525 g/mol. The molecule has 0 spiro atoms. The SMILES string of the molecule is CCNC(=NCC1(c2ccccc2)CCC1)NCC1CCN(Cc2nc(C)c(C)o2)CC1.I. The molecule has 1 aromatic heterocycles. The molecule has 7 heteroatoms. The molecule has 2 aromatic rings. The second kappa shape index (κ2) is 12.2. The Morgan fingerprint density at radius 3 is 2.45 bits per heavy atom. The van der Waals surface area contributed by atoms with E-state index in [4.69, 9.17) is 9.41 Å². The first-order valence-electron chi connectivity index (χ1n) is 12.3. The largest absolute Gasteiger partial charge is 0.444 e. The van der Waals surface area contributed by atoms with E-state index in [1.807, 2.05) is 13.8 Å². The number of aromatic nitrogens is 1. The van der Waals surface area contributed by atoms with E-state index in [1.54, 1.807) is 0 Å². The molecule has 1 aliphatic heterocycles. The molecule has 0 amide bonds. The maximum absolute atomic E-state index is 5.76. The van der Waals surface area contributed by atoms with E-state index in [-0.39, 0.29) is 29.4 Å². The molecular formula is C26H40IN5O. The van der Waals surface area contributed by atoms with E-state index >= 15 is 0 Å². The zero-order valence-corrected chi connectivity index (χ0v) is 22.7. The number of nitrogens with one attached hydrogen (secondary N) is 2. The topological polar surface area (TPSA) is 65.7 Å². The molecule has 0 unspecified atom stereocenters. The van der Waals surface area contributed by atoms with Crippen LogP contribution in [0.5, 0.6) is 0 Å².